The fraction of sp³-hybridized carbons (Fsp3) is 0.500. The van der Waals surface area contributed by atoms with Gasteiger partial charge in [0.15, 0.2) is 0 Å². The highest BCUT2D eigenvalue weighted by atomic mass is 32.2. The molecular formula is C8H11NO3S2. The molecular weight excluding hydrogens is 222 g/mol. The molecule has 1 aromatic rings. The van der Waals surface area contributed by atoms with Gasteiger partial charge in [-0.1, -0.05) is 0 Å². The van der Waals surface area contributed by atoms with E-state index in [1.54, 1.807) is 5.38 Å². The highest BCUT2D eigenvalue weighted by Crippen LogP contribution is 2.24. The fourth-order valence-corrected chi connectivity index (χ4v) is 3.51. The molecule has 2 N–H and O–H groups in total. The van der Waals surface area contributed by atoms with Gasteiger partial charge in [-0.25, -0.2) is 13.1 Å². The molecule has 0 spiro atoms. The minimum absolute atomic E-state index is 0.108. The number of thiophene rings is 1. The van der Waals surface area contributed by atoms with Gasteiger partial charge in [-0.3, -0.25) is 0 Å². The lowest BCUT2D eigenvalue weighted by Gasteiger charge is -2.01. The average molecular weight is 233 g/mol. The van der Waals surface area contributed by atoms with Crippen LogP contribution in [0, 0.1) is 0 Å². The Labute approximate surface area is 86.6 Å². The summed E-state index contributed by atoms with van der Waals surface area (Å²) in [7, 11) is -3.34. The van der Waals surface area contributed by atoms with E-state index in [0.29, 0.717) is 4.88 Å². The third-order valence-electron chi connectivity index (χ3n) is 2.00. The van der Waals surface area contributed by atoms with Gasteiger partial charge in [0, 0.05) is 16.3 Å². The minimum atomic E-state index is -3.34. The summed E-state index contributed by atoms with van der Waals surface area (Å²) < 4.78 is 25.8. The molecule has 1 aliphatic rings. The third-order valence-corrected chi connectivity index (χ3v) is 4.57. The number of nitrogens with one attached hydrogen (secondary N) is 1. The Balaban J connectivity index is 2.19. The van der Waals surface area contributed by atoms with Gasteiger partial charge in [0.2, 0.25) is 10.0 Å². The second-order valence-corrected chi connectivity index (χ2v) is 6.01. The number of hydrogen-bond acceptors (Lipinski definition) is 4. The molecule has 4 nitrogen and oxygen atoms in total. The lowest BCUT2D eigenvalue weighted by Crippen LogP contribution is -2.25. The maximum Gasteiger partial charge on any atom is 0.241 e. The first-order valence-corrected chi connectivity index (χ1v) is 6.69. The smallest absolute Gasteiger partial charge is 0.241 e. The molecule has 0 bridgehead atoms. The molecule has 1 aliphatic carbocycles. The van der Waals surface area contributed by atoms with Crippen molar-refractivity contribution in [3.63, 3.8) is 0 Å². The fourth-order valence-electron chi connectivity index (χ4n) is 1.07. The molecule has 1 fully saturated rings. The summed E-state index contributed by atoms with van der Waals surface area (Å²) >= 11 is 1.25. The van der Waals surface area contributed by atoms with Crippen LogP contribution >= 0.6 is 11.3 Å². The van der Waals surface area contributed by atoms with E-state index in [1.807, 2.05) is 0 Å². The van der Waals surface area contributed by atoms with E-state index >= 15 is 0 Å². The van der Waals surface area contributed by atoms with Gasteiger partial charge < -0.3 is 5.11 Å². The van der Waals surface area contributed by atoms with Crippen LogP contribution < -0.4 is 4.72 Å². The number of rotatable bonds is 4. The zero-order valence-corrected chi connectivity index (χ0v) is 9.07. The van der Waals surface area contributed by atoms with Crippen molar-refractivity contribution in [3.8, 4) is 0 Å². The third kappa shape index (κ3) is 2.14. The van der Waals surface area contributed by atoms with Crippen molar-refractivity contribution in [2.75, 3.05) is 0 Å². The van der Waals surface area contributed by atoms with Crippen LogP contribution in [-0.4, -0.2) is 19.6 Å². The topological polar surface area (TPSA) is 66.4 Å². The molecule has 78 valence electrons. The normalized spacial score (nSPS) is 17.2. The molecule has 0 aromatic carbocycles. The zero-order valence-electron chi connectivity index (χ0n) is 7.43. The van der Waals surface area contributed by atoms with Crippen molar-refractivity contribution >= 4 is 21.4 Å². The van der Waals surface area contributed by atoms with E-state index < -0.39 is 10.0 Å². The number of sulfonamides is 1. The molecule has 0 amide bonds. The molecule has 14 heavy (non-hydrogen) atoms. The summed E-state index contributed by atoms with van der Waals surface area (Å²) in [5.41, 5.74) is 0. The lowest BCUT2D eigenvalue weighted by molar-refractivity contribution is 0.285. The molecule has 1 saturated carbocycles. The standard InChI is InChI=1S/C8H11NO3S2/c10-4-7-3-8(5-13-7)14(11,12)9-6-1-2-6/h3,5-6,9-10H,1-2,4H2. The lowest BCUT2D eigenvalue weighted by atomic mass is 10.5. The molecule has 0 saturated heterocycles. The maximum absolute atomic E-state index is 11.6. The largest absolute Gasteiger partial charge is 0.391 e. The second-order valence-electron chi connectivity index (χ2n) is 3.30. The zero-order chi connectivity index (χ0) is 10.2. The molecule has 0 aliphatic heterocycles. The maximum atomic E-state index is 11.6. The van der Waals surface area contributed by atoms with Gasteiger partial charge in [0.25, 0.3) is 0 Å². The van der Waals surface area contributed by atoms with E-state index in [2.05, 4.69) is 4.72 Å². The Kier molecular flexibility index (Phi) is 2.61. The van der Waals surface area contributed by atoms with Crippen LogP contribution in [0.1, 0.15) is 17.7 Å². The van der Waals surface area contributed by atoms with Gasteiger partial charge in [-0.05, 0) is 18.9 Å². The highest BCUT2D eigenvalue weighted by Gasteiger charge is 2.28. The summed E-state index contributed by atoms with van der Waals surface area (Å²) in [6, 6.07) is 1.63. The first-order chi connectivity index (χ1) is 6.62. The van der Waals surface area contributed by atoms with Gasteiger partial charge in [0.1, 0.15) is 0 Å². The Hall–Kier alpha value is -0.430. The van der Waals surface area contributed by atoms with Crippen molar-refractivity contribution in [2.45, 2.75) is 30.4 Å². The van der Waals surface area contributed by atoms with Crippen LogP contribution in [-0.2, 0) is 16.6 Å². The van der Waals surface area contributed by atoms with Crippen molar-refractivity contribution in [1.82, 2.24) is 4.72 Å². The van der Waals surface area contributed by atoms with Crippen LogP contribution in [0.25, 0.3) is 0 Å². The van der Waals surface area contributed by atoms with Gasteiger partial charge in [0.05, 0.1) is 11.5 Å². The molecule has 1 heterocycles. The van der Waals surface area contributed by atoms with Crippen LogP contribution in [0.5, 0.6) is 0 Å². The Morgan fingerprint density at radius 1 is 1.57 bits per heavy atom. The molecule has 6 heteroatoms. The quantitative estimate of drug-likeness (QED) is 0.803. The van der Waals surface area contributed by atoms with E-state index in [1.165, 1.54) is 17.4 Å². The van der Waals surface area contributed by atoms with E-state index in [0.717, 1.165) is 12.8 Å². The Morgan fingerprint density at radius 3 is 2.79 bits per heavy atom. The summed E-state index contributed by atoms with van der Waals surface area (Å²) in [4.78, 5) is 0.930. The van der Waals surface area contributed by atoms with Crippen LogP contribution in [0.15, 0.2) is 16.3 Å². The summed E-state index contributed by atoms with van der Waals surface area (Å²) in [6.45, 7) is -0.108. The summed E-state index contributed by atoms with van der Waals surface area (Å²) in [6.07, 6.45) is 1.85. The number of aliphatic hydroxyl groups is 1. The van der Waals surface area contributed by atoms with Crippen molar-refractivity contribution < 1.29 is 13.5 Å². The Bertz CT molecular complexity index is 420. The molecule has 1 aromatic heterocycles. The first kappa shape index (κ1) is 10.1. The molecule has 0 unspecified atom stereocenters. The van der Waals surface area contributed by atoms with Crippen molar-refractivity contribution in [2.24, 2.45) is 0 Å². The van der Waals surface area contributed by atoms with Gasteiger partial charge in [-0.2, -0.15) is 0 Å². The monoisotopic (exact) mass is 233 g/mol. The van der Waals surface area contributed by atoms with Gasteiger partial charge in [-0.15, -0.1) is 11.3 Å². The van der Waals surface area contributed by atoms with Crippen LogP contribution in [0.3, 0.4) is 0 Å². The van der Waals surface area contributed by atoms with Crippen LogP contribution in [0.4, 0.5) is 0 Å². The Morgan fingerprint density at radius 2 is 2.29 bits per heavy atom. The van der Waals surface area contributed by atoms with E-state index in [9.17, 15) is 8.42 Å². The predicted octanol–water partition coefficient (Wildman–Crippen LogP) is 0.681. The average Bonchev–Trinajstić information content (AvgIpc) is 2.81. The second kappa shape index (κ2) is 3.62. The number of aliphatic hydroxyl groups excluding tert-OH is 1. The van der Waals surface area contributed by atoms with Crippen molar-refractivity contribution in [3.05, 3.63) is 16.3 Å². The summed E-state index contributed by atoms with van der Waals surface area (Å²) in [5, 5.41) is 10.4. The van der Waals surface area contributed by atoms with E-state index in [4.69, 9.17) is 5.11 Å². The number of hydrogen-bond donors (Lipinski definition) is 2. The van der Waals surface area contributed by atoms with Crippen molar-refractivity contribution in [1.29, 1.82) is 0 Å². The SMILES string of the molecule is O=S(=O)(NC1CC1)c1csc(CO)c1. The van der Waals surface area contributed by atoms with Crippen LogP contribution in [0.2, 0.25) is 0 Å². The molecule has 2 rings (SSSR count). The van der Waals surface area contributed by atoms with Gasteiger partial charge >= 0.3 is 0 Å². The predicted molar refractivity (Wildman–Crippen MR) is 53.6 cm³/mol. The summed E-state index contributed by atoms with van der Waals surface area (Å²) in [5.74, 6) is 0. The molecule has 0 atom stereocenters. The minimum Gasteiger partial charge on any atom is -0.391 e. The first-order valence-electron chi connectivity index (χ1n) is 4.32. The van der Waals surface area contributed by atoms with E-state index in [-0.39, 0.29) is 17.5 Å². The molecule has 0 radical (unpaired) electrons. The highest BCUT2D eigenvalue weighted by molar-refractivity contribution is 7.89.